The van der Waals surface area contributed by atoms with Crippen molar-refractivity contribution in [1.29, 1.82) is 0 Å². The molecule has 3 nitrogen and oxygen atoms in total. The van der Waals surface area contributed by atoms with Gasteiger partial charge in [-0.05, 0) is 62.0 Å². The summed E-state index contributed by atoms with van der Waals surface area (Å²) in [7, 11) is 2.05. The van der Waals surface area contributed by atoms with Crippen LogP contribution >= 0.6 is 0 Å². The molecule has 2 saturated carbocycles. The quantitative estimate of drug-likeness (QED) is 0.836. The van der Waals surface area contributed by atoms with Gasteiger partial charge in [-0.3, -0.25) is 4.68 Å². The van der Waals surface area contributed by atoms with Crippen LogP contribution in [0.5, 0.6) is 0 Å². The molecule has 2 aliphatic carbocycles. The fraction of sp³-hybridized carbons (Fsp3) is 0.800. The van der Waals surface area contributed by atoms with Gasteiger partial charge in [0, 0.05) is 25.5 Å². The Kier molecular flexibility index (Phi) is 3.18. The highest BCUT2D eigenvalue weighted by Crippen LogP contribution is 2.61. The second-order valence-electron chi connectivity index (χ2n) is 6.39. The SMILES string of the molecule is CCNCC1(CCc2ccnn2C)CC2CC2C1. The number of aromatic nitrogens is 2. The van der Waals surface area contributed by atoms with Crippen LogP contribution in [0.4, 0.5) is 0 Å². The van der Waals surface area contributed by atoms with Crippen molar-refractivity contribution in [3.63, 3.8) is 0 Å². The summed E-state index contributed by atoms with van der Waals surface area (Å²) in [5, 5.41) is 7.87. The van der Waals surface area contributed by atoms with Gasteiger partial charge in [0.2, 0.25) is 0 Å². The number of nitrogens with one attached hydrogen (secondary N) is 1. The zero-order valence-electron chi connectivity index (χ0n) is 11.7. The predicted octanol–water partition coefficient (Wildman–Crippen LogP) is 2.38. The molecule has 2 aliphatic rings. The normalized spacial score (nSPS) is 33.7. The minimum atomic E-state index is 0.577. The van der Waals surface area contributed by atoms with Gasteiger partial charge in [-0.1, -0.05) is 6.92 Å². The highest BCUT2D eigenvalue weighted by atomic mass is 15.2. The smallest absolute Gasteiger partial charge is 0.0492 e. The van der Waals surface area contributed by atoms with Crippen LogP contribution in [0.2, 0.25) is 0 Å². The van der Waals surface area contributed by atoms with Crippen LogP contribution < -0.4 is 5.32 Å². The van der Waals surface area contributed by atoms with Gasteiger partial charge in [0.05, 0.1) is 0 Å². The van der Waals surface area contributed by atoms with Crippen LogP contribution in [-0.4, -0.2) is 22.9 Å². The van der Waals surface area contributed by atoms with Gasteiger partial charge < -0.3 is 5.32 Å². The summed E-state index contributed by atoms with van der Waals surface area (Å²) in [5.41, 5.74) is 1.96. The van der Waals surface area contributed by atoms with E-state index in [1.54, 1.807) is 0 Å². The number of rotatable bonds is 6. The number of nitrogens with zero attached hydrogens (tertiary/aromatic N) is 2. The first-order valence-electron chi connectivity index (χ1n) is 7.40. The first-order valence-corrected chi connectivity index (χ1v) is 7.40. The maximum atomic E-state index is 4.27. The van der Waals surface area contributed by atoms with Gasteiger partial charge >= 0.3 is 0 Å². The molecule has 1 N–H and O–H groups in total. The Labute approximate surface area is 110 Å². The Bertz CT molecular complexity index is 400. The Balaban J connectivity index is 1.61. The molecule has 2 fully saturated rings. The zero-order valence-corrected chi connectivity index (χ0v) is 11.7. The van der Waals surface area contributed by atoms with E-state index in [0.717, 1.165) is 18.4 Å². The van der Waals surface area contributed by atoms with Crippen molar-refractivity contribution in [2.45, 2.75) is 39.0 Å². The molecule has 0 spiro atoms. The molecule has 0 amide bonds. The Morgan fingerprint density at radius 3 is 2.83 bits per heavy atom. The average molecular weight is 247 g/mol. The lowest BCUT2D eigenvalue weighted by Gasteiger charge is -2.31. The molecular weight excluding hydrogens is 222 g/mol. The molecule has 1 aromatic rings. The highest BCUT2D eigenvalue weighted by molar-refractivity contribution is 5.07. The van der Waals surface area contributed by atoms with E-state index >= 15 is 0 Å². The van der Waals surface area contributed by atoms with Crippen LogP contribution in [0.3, 0.4) is 0 Å². The molecule has 3 rings (SSSR count). The van der Waals surface area contributed by atoms with E-state index in [1.807, 2.05) is 10.9 Å². The molecule has 1 heterocycles. The largest absolute Gasteiger partial charge is 0.316 e. The zero-order chi connectivity index (χ0) is 12.6. The summed E-state index contributed by atoms with van der Waals surface area (Å²) in [5.74, 6) is 2.13. The summed E-state index contributed by atoms with van der Waals surface area (Å²) in [6.45, 7) is 4.53. The van der Waals surface area contributed by atoms with Crippen molar-refractivity contribution >= 4 is 0 Å². The summed E-state index contributed by atoms with van der Waals surface area (Å²) in [4.78, 5) is 0. The molecule has 18 heavy (non-hydrogen) atoms. The second-order valence-corrected chi connectivity index (χ2v) is 6.39. The summed E-state index contributed by atoms with van der Waals surface area (Å²) in [6.07, 6.45) is 8.86. The first kappa shape index (κ1) is 12.2. The van der Waals surface area contributed by atoms with Gasteiger partial charge in [0.15, 0.2) is 0 Å². The fourth-order valence-corrected chi connectivity index (χ4v) is 3.87. The van der Waals surface area contributed by atoms with Gasteiger partial charge in [-0.2, -0.15) is 5.10 Å². The van der Waals surface area contributed by atoms with Gasteiger partial charge in [0.25, 0.3) is 0 Å². The third-order valence-corrected chi connectivity index (χ3v) is 5.04. The molecule has 3 heteroatoms. The lowest BCUT2D eigenvalue weighted by atomic mass is 9.78. The third-order valence-electron chi connectivity index (χ3n) is 5.04. The molecule has 0 radical (unpaired) electrons. The molecule has 100 valence electrons. The predicted molar refractivity (Wildman–Crippen MR) is 73.3 cm³/mol. The van der Waals surface area contributed by atoms with E-state index in [4.69, 9.17) is 0 Å². The molecule has 0 aliphatic heterocycles. The molecule has 1 aromatic heterocycles. The molecule has 0 saturated heterocycles. The van der Waals surface area contributed by atoms with E-state index in [1.165, 1.54) is 44.3 Å². The van der Waals surface area contributed by atoms with Crippen LogP contribution in [0.1, 0.15) is 38.3 Å². The lowest BCUT2D eigenvalue weighted by molar-refractivity contribution is 0.230. The third kappa shape index (κ3) is 2.33. The number of aryl methyl sites for hydroxylation is 2. The van der Waals surface area contributed by atoms with E-state index < -0.39 is 0 Å². The van der Waals surface area contributed by atoms with Gasteiger partial charge in [0.1, 0.15) is 0 Å². The number of hydrogen-bond donors (Lipinski definition) is 1. The average Bonchev–Trinajstić information content (AvgIpc) is 2.80. The van der Waals surface area contributed by atoms with Crippen molar-refractivity contribution in [1.82, 2.24) is 15.1 Å². The van der Waals surface area contributed by atoms with E-state index in [0.29, 0.717) is 5.41 Å². The van der Waals surface area contributed by atoms with Gasteiger partial charge in [-0.15, -0.1) is 0 Å². The van der Waals surface area contributed by atoms with Crippen molar-refractivity contribution < 1.29 is 0 Å². The Hall–Kier alpha value is -0.830. The molecule has 0 aromatic carbocycles. The lowest BCUT2D eigenvalue weighted by Crippen LogP contribution is -2.34. The second kappa shape index (κ2) is 4.69. The van der Waals surface area contributed by atoms with Crippen molar-refractivity contribution in [2.75, 3.05) is 13.1 Å². The number of fused-ring (bicyclic) bond motifs is 1. The van der Waals surface area contributed by atoms with E-state index in [-0.39, 0.29) is 0 Å². The van der Waals surface area contributed by atoms with Crippen molar-refractivity contribution in [3.8, 4) is 0 Å². The summed E-state index contributed by atoms with van der Waals surface area (Å²) < 4.78 is 2.02. The first-order chi connectivity index (χ1) is 8.72. The van der Waals surface area contributed by atoms with E-state index in [9.17, 15) is 0 Å². The molecular formula is C15H25N3. The Morgan fingerprint density at radius 1 is 1.44 bits per heavy atom. The molecule has 0 bridgehead atoms. The maximum Gasteiger partial charge on any atom is 0.0492 e. The Morgan fingerprint density at radius 2 is 2.22 bits per heavy atom. The summed E-state index contributed by atoms with van der Waals surface area (Å²) in [6, 6.07) is 2.16. The summed E-state index contributed by atoms with van der Waals surface area (Å²) >= 11 is 0. The van der Waals surface area contributed by atoms with Crippen LogP contribution in [-0.2, 0) is 13.5 Å². The topological polar surface area (TPSA) is 29.9 Å². The number of hydrogen-bond acceptors (Lipinski definition) is 2. The molecule has 2 unspecified atom stereocenters. The highest BCUT2D eigenvalue weighted by Gasteiger charge is 2.52. The maximum absolute atomic E-state index is 4.27. The van der Waals surface area contributed by atoms with Gasteiger partial charge in [-0.25, -0.2) is 0 Å². The van der Waals surface area contributed by atoms with Crippen LogP contribution in [0, 0.1) is 17.3 Å². The standard InChI is InChI=1S/C15H25N3/c1-3-16-11-15(9-12-8-13(12)10-15)6-4-14-5-7-17-18(14)2/h5,7,12-13,16H,3-4,6,8-11H2,1-2H3. The minimum Gasteiger partial charge on any atom is -0.316 e. The molecule has 2 atom stereocenters. The van der Waals surface area contributed by atoms with Crippen molar-refractivity contribution in [2.24, 2.45) is 24.3 Å². The van der Waals surface area contributed by atoms with E-state index in [2.05, 4.69) is 30.5 Å². The minimum absolute atomic E-state index is 0.577. The van der Waals surface area contributed by atoms with Crippen molar-refractivity contribution in [3.05, 3.63) is 18.0 Å². The van der Waals surface area contributed by atoms with Crippen LogP contribution in [0.25, 0.3) is 0 Å². The monoisotopic (exact) mass is 247 g/mol. The van der Waals surface area contributed by atoms with Crippen LogP contribution in [0.15, 0.2) is 12.3 Å². The fourth-order valence-electron chi connectivity index (χ4n) is 3.87.